The van der Waals surface area contributed by atoms with Crippen LogP contribution < -0.4 is 10.6 Å². The summed E-state index contributed by atoms with van der Waals surface area (Å²) in [5.74, 6) is -0.342. The van der Waals surface area contributed by atoms with E-state index in [-0.39, 0.29) is 11.9 Å². The number of hydrogen-bond acceptors (Lipinski definition) is 2. The molecular weight excluding hydrogens is 319 g/mol. The Morgan fingerprint density at radius 2 is 2.39 bits per heavy atom. The molecule has 0 saturated carbocycles. The van der Waals surface area contributed by atoms with Gasteiger partial charge in [-0.1, -0.05) is 15.9 Å². The van der Waals surface area contributed by atoms with Crippen LogP contribution in [0, 0.1) is 5.82 Å². The van der Waals surface area contributed by atoms with Crippen molar-refractivity contribution in [2.24, 2.45) is 0 Å². The number of hydrogen-bond donors (Lipinski definition) is 2. The zero-order valence-electron chi connectivity index (χ0n) is 9.71. The summed E-state index contributed by atoms with van der Waals surface area (Å²) in [6, 6.07) is 4.79. The third-order valence-electron chi connectivity index (χ3n) is 2.69. The summed E-state index contributed by atoms with van der Waals surface area (Å²) >= 11 is 8.31. The zero-order chi connectivity index (χ0) is 13.0. The molecule has 1 fully saturated rings. The first-order chi connectivity index (χ1) is 8.65. The van der Waals surface area contributed by atoms with Crippen LogP contribution in [-0.2, 0) is 4.74 Å². The molecule has 0 bridgehead atoms. The van der Waals surface area contributed by atoms with E-state index < -0.39 is 0 Å². The van der Waals surface area contributed by atoms with Crippen LogP contribution in [0.15, 0.2) is 22.7 Å². The van der Waals surface area contributed by atoms with Gasteiger partial charge in [-0.3, -0.25) is 0 Å². The van der Waals surface area contributed by atoms with Crippen LogP contribution in [0.4, 0.5) is 10.1 Å². The predicted molar refractivity (Wildman–Crippen MR) is 77.3 cm³/mol. The molecule has 0 aliphatic carbocycles. The minimum absolute atomic E-state index is 0.208. The number of halogens is 2. The van der Waals surface area contributed by atoms with E-state index in [1.54, 1.807) is 12.1 Å². The maximum absolute atomic E-state index is 13.5. The van der Waals surface area contributed by atoms with Crippen molar-refractivity contribution in [1.29, 1.82) is 0 Å². The van der Waals surface area contributed by atoms with Crippen LogP contribution in [0.25, 0.3) is 0 Å². The molecule has 0 spiro atoms. The van der Waals surface area contributed by atoms with E-state index >= 15 is 0 Å². The SMILES string of the molecule is Fc1cc(Br)ccc1NC(=S)NC[C@@H]1CCCO1. The van der Waals surface area contributed by atoms with Crippen LogP contribution in [0.5, 0.6) is 0 Å². The maximum Gasteiger partial charge on any atom is 0.170 e. The summed E-state index contributed by atoms with van der Waals surface area (Å²) in [6.07, 6.45) is 2.34. The molecule has 1 aromatic rings. The smallest absolute Gasteiger partial charge is 0.170 e. The monoisotopic (exact) mass is 332 g/mol. The molecule has 6 heteroatoms. The van der Waals surface area contributed by atoms with Crippen LogP contribution in [0.1, 0.15) is 12.8 Å². The molecular formula is C12H14BrFN2OS. The molecule has 0 radical (unpaired) electrons. The molecule has 1 aliphatic rings. The Morgan fingerprint density at radius 3 is 3.06 bits per heavy atom. The highest BCUT2D eigenvalue weighted by atomic mass is 79.9. The lowest BCUT2D eigenvalue weighted by Gasteiger charge is -2.14. The fourth-order valence-electron chi connectivity index (χ4n) is 1.77. The van der Waals surface area contributed by atoms with Gasteiger partial charge in [-0.25, -0.2) is 4.39 Å². The third-order valence-corrected chi connectivity index (χ3v) is 3.43. The van der Waals surface area contributed by atoms with E-state index in [9.17, 15) is 4.39 Å². The molecule has 1 aromatic carbocycles. The van der Waals surface area contributed by atoms with Gasteiger partial charge in [0, 0.05) is 17.6 Å². The number of benzene rings is 1. The molecule has 18 heavy (non-hydrogen) atoms. The van der Waals surface area contributed by atoms with Crippen LogP contribution in [0.3, 0.4) is 0 Å². The van der Waals surface area contributed by atoms with Gasteiger partial charge in [-0.15, -0.1) is 0 Å². The summed E-state index contributed by atoms with van der Waals surface area (Å²) in [7, 11) is 0. The molecule has 1 saturated heterocycles. The van der Waals surface area contributed by atoms with Gasteiger partial charge in [0.15, 0.2) is 5.11 Å². The molecule has 0 amide bonds. The molecule has 2 N–H and O–H groups in total. The van der Waals surface area contributed by atoms with Crippen molar-refractivity contribution in [3.05, 3.63) is 28.5 Å². The molecule has 1 heterocycles. The highest BCUT2D eigenvalue weighted by Crippen LogP contribution is 2.19. The molecule has 0 unspecified atom stereocenters. The Bertz CT molecular complexity index is 438. The quantitative estimate of drug-likeness (QED) is 0.833. The van der Waals surface area contributed by atoms with Gasteiger partial charge >= 0.3 is 0 Å². The first-order valence-corrected chi connectivity index (χ1v) is 6.97. The van der Waals surface area contributed by atoms with Gasteiger partial charge < -0.3 is 15.4 Å². The Balaban J connectivity index is 1.82. The Morgan fingerprint density at radius 1 is 1.56 bits per heavy atom. The van der Waals surface area contributed by atoms with Gasteiger partial charge in [-0.2, -0.15) is 0 Å². The summed E-state index contributed by atoms with van der Waals surface area (Å²) < 4.78 is 19.7. The minimum atomic E-state index is -0.342. The first-order valence-electron chi connectivity index (χ1n) is 5.76. The van der Waals surface area contributed by atoms with Gasteiger partial charge in [-0.05, 0) is 43.3 Å². The first kappa shape index (κ1) is 13.7. The number of nitrogens with one attached hydrogen (secondary N) is 2. The minimum Gasteiger partial charge on any atom is -0.376 e. The second-order valence-electron chi connectivity index (χ2n) is 4.09. The van der Waals surface area contributed by atoms with Crippen molar-refractivity contribution >= 4 is 38.9 Å². The van der Waals surface area contributed by atoms with E-state index in [0.29, 0.717) is 21.8 Å². The Labute approximate surface area is 119 Å². The fourth-order valence-corrected chi connectivity index (χ4v) is 2.30. The lowest BCUT2D eigenvalue weighted by molar-refractivity contribution is 0.114. The number of rotatable bonds is 3. The molecule has 98 valence electrons. The van der Waals surface area contributed by atoms with Crippen LogP contribution in [-0.4, -0.2) is 24.4 Å². The van der Waals surface area contributed by atoms with E-state index in [4.69, 9.17) is 17.0 Å². The summed E-state index contributed by atoms with van der Waals surface area (Å²) in [4.78, 5) is 0. The summed E-state index contributed by atoms with van der Waals surface area (Å²) in [6.45, 7) is 1.47. The van der Waals surface area contributed by atoms with Crippen molar-refractivity contribution < 1.29 is 9.13 Å². The maximum atomic E-state index is 13.5. The summed E-state index contributed by atoms with van der Waals surface area (Å²) in [5.41, 5.74) is 0.364. The van der Waals surface area contributed by atoms with Gasteiger partial charge in [0.25, 0.3) is 0 Å². The predicted octanol–water partition coefficient (Wildman–Crippen LogP) is 3.05. The standard InChI is InChI=1S/C12H14BrFN2OS/c13-8-3-4-11(10(14)6-8)16-12(18)15-7-9-2-1-5-17-9/h3-4,6,9H,1-2,5,7H2,(H2,15,16,18)/t9-/m0/s1. The van der Waals surface area contributed by atoms with Gasteiger partial charge in [0.1, 0.15) is 5.82 Å². The van der Waals surface area contributed by atoms with E-state index in [1.807, 2.05) is 0 Å². The van der Waals surface area contributed by atoms with E-state index in [1.165, 1.54) is 6.07 Å². The fraction of sp³-hybridized carbons (Fsp3) is 0.417. The average molecular weight is 333 g/mol. The number of ether oxygens (including phenoxy) is 1. The van der Waals surface area contributed by atoms with Gasteiger partial charge in [0.05, 0.1) is 11.8 Å². The van der Waals surface area contributed by atoms with Crippen molar-refractivity contribution in [1.82, 2.24) is 5.32 Å². The molecule has 3 nitrogen and oxygen atoms in total. The lowest BCUT2D eigenvalue weighted by Crippen LogP contribution is -2.35. The molecule has 1 atom stereocenters. The average Bonchev–Trinajstić information content (AvgIpc) is 2.83. The Kier molecular flexibility index (Phi) is 4.91. The highest BCUT2D eigenvalue weighted by Gasteiger charge is 2.15. The number of anilines is 1. The van der Waals surface area contributed by atoms with Gasteiger partial charge in [0.2, 0.25) is 0 Å². The van der Waals surface area contributed by atoms with Crippen molar-refractivity contribution in [2.45, 2.75) is 18.9 Å². The number of thiocarbonyl (C=S) groups is 1. The topological polar surface area (TPSA) is 33.3 Å². The van der Waals surface area contributed by atoms with Crippen molar-refractivity contribution in [3.8, 4) is 0 Å². The highest BCUT2D eigenvalue weighted by molar-refractivity contribution is 9.10. The van der Waals surface area contributed by atoms with E-state index in [2.05, 4.69) is 26.6 Å². The van der Waals surface area contributed by atoms with Crippen molar-refractivity contribution in [2.75, 3.05) is 18.5 Å². The second-order valence-corrected chi connectivity index (χ2v) is 5.42. The van der Waals surface area contributed by atoms with Crippen LogP contribution in [0.2, 0.25) is 0 Å². The molecule has 2 rings (SSSR count). The lowest BCUT2D eigenvalue weighted by atomic mass is 10.2. The Hall–Kier alpha value is -0.720. The zero-order valence-corrected chi connectivity index (χ0v) is 12.1. The second kappa shape index (κ2) is 6.45. The normalized spacial score (nSPS) is 18.7. The van der Waals surface area contributed by atoms with Crippen molar-refractivity contribution in [3.63, 3.8) is 0 Å². The third kappa shape index (κ3) is 3.90. The molecule has 1 aliphatic heterocycles. The van der Waals surface area contributed by atoms with Crippen LogP contribution >= 0.6 is 28.1 Å². The summed E-state index contributed by atoms with van der Waals surface area (Å²) in [5, 5.41) is 6.27. The largest absolute Gasteiger partial charge is 0.376 e. The van der Waals surface area contributed by atoms with E-state index in [0.717, 1.165) is 19.4 Å². The molecule has 0 aromatic heterocycles.